The van der Waals surface area contributed by atoms with Crippen LogP contribution >= 0.6 is 0 Å². The molecule has 1 fully saturated rings. The number of nitrogens with zero attached hydrogens (tertiary/aromatic N) is 2. The summed E-state index contributed by atoms with van der Waals surface area (Å²) >= 11 is 0. The van der Waals surface area contributed by atoms with Gasteiger partial charge >= 0.3 is 5.69 Å². The number of methoxy groups -OCH3 is 2. The minimum atomic E-state index is -0.685. The van der Waals surface area contributed by atoms with Gasteiger partial charge < -0.3 is 24.4 Å². The first-order valence-corrected chi connectivity index (χ1v) is 12.5. The molecule has 200 valence electrons. The van der Waals surface area contributed by atoms with Gasteiger partial charge in [-0.15, -0.1) is 0 Å². The molecule has 1 atom stereocenters. The average Bonchev–Trinajstić information content (AvgIpc) is 2.91. The van der Waals surface area contributed by atoms with E-state index in [9.17, 15) is 19.7 Å². The van der Waals surface area contributed by atoms with Gasteiger partial charge in [0.1, 0.15) is 17.5 Å². The lowest BCUT2D eigenvalue weighted by Gasteiger charge is -2.32. The summed E-state index contributed by atoms with van der Waals surface area (Å²) in [6, 6.07) is 10.8. The average molecular weight is 514 g/mol. The van der Waals surface area contributed by atoms with Gasteiger partial charge in [0.2, 0.25) is 11.7 Å². The Morgan fingerprint density at radius 1 is 1.08 bits per heavy atom. The van der Waals surface area contributed by atoms with Crippen molar-refractivity contribution >= 4 is 17.5 Å². The van der Waals surface area contributed by atoms with Gasteiger partial charge in [-0.1, -0.05) is 38.3 Å². The highest BCUT2D eigenvalue weighted by Crippen LogP contribution is 2.31. The molecule has 2 aromatic carbocycles. The second-order valence-corrected chi connectivity index (χ2v) is 9.02. The van der Waals surface area contributed by atoms with Gasteiger partial charge in [0.15, 0.2) is 6.61 Å². The predicted molar refractivity (Wildman–Crippen MR) is 138 cm³/mol. The fourth-order valence-electron chi connectivity index (χ4n) is 4.56. The minimum Gasteiger partial charge on any atom is -0.497 e. The van der Waals surface area contributed by atoms with Crippen LogP contribution in [0.15, 0.2) is 42.5 Å². The summed E-state index contributed by atoms with van der Waals surface area (Å²) in [5.74, 6) is 0.366. The van der Waals surface area contributed by atoms with Crippen LogP contribution in [0.5, 0.6) is 17.2 Å². The normalized spacial score (nSPS) is 14.4. The van der Waals surface area contributed by atoms with Gasteiger partial charge in [-0.05, 0) is 43.0 Å². The summed E-state index contributed by atoms with van der Waals surface area (Å²) in [6.45, 7) is 1.72. The molecule has 0 aromatic heterocycles. The minimum absolute atomic E-state index is 0.0291. The quantitative estimate of drug-likeness (QED) is 0.333. The number of nitrogens with one attached hydrogen (secondary N) is 1. The van der Waals surface area contributed by atoms with Crippen molar-refractivity contribution in [3.8, 4) is 17.2 Å². The van der Waals surface area contributed by atoms with Crippen molar-refractivity contribution < 1.29 is 28.7 Å². The Morgan fingerprint density at radius 3 is 2.49 bits per heavy atom. The van der Waals surface area contributed by atoms with Crippen LogP contribution in [-0.4, -0.2) is 54.5 Å². The summed E-state index contributed by atoms with van der Waals surface area (Å²) < 4.78 is 16.1. The van der Waals surface area contributed by atoms with E-state index in [1.54, 1.807) is 7.11 Å². The number of carbonyl (C=O) groups excluding carboxylic acids is 2. The molecular weight excluding hydrogens is 478 g/mol. The zero-order valence-electron chi connectivity index (χ0n) is 21.6. The van der Waals surface area contributed by atoms with Crippen molar-refractivity contribution in [2.75, 3.05) is 20.8 Å². The van der Waals surface area contributed by atoms with Crippen LogP contribution in [0.25, 0.3) is 0 Å². The molecule has 2 aromatic rings. The maximum absolute atomic E-state index is 13.5. The Kier molecular flexibility index (Phi) is 10.1. The molecule has 10 heteroatoms. The third-order valence-corrected chi connectivity index (χ3v) is 6.53. The highest BCUT2D eigenvalue weighted by atomic mass is 16.6. The highest BCUT2D eigenvalue weighted by Gasteiger charge is 2.31. The van der Waals surface area contributed by atoms with E-state index in [4.69, 9.17) is 14.2 Å². The van der Waals surface area contributed by atoms with Gasteiger partial charge in [0.05, 0.1) is 19.1 Å². The molecule has 0 unspecified atom stereocenters. The van der Waals surface area contributed by atoms with Crippen molar-refractivity contribution in [3.05, 3.63) is 58.1 Å². The maximum atomic E-state index is 13.5. The fourth-order valence-corrected chi connectivity index (χ4v) is 4.56. The van der Waals surface area contributed by atoms with Crippen molar-refractivity contribution in [1.29, 1.82) is 0 Å². The molecule has 0 radical (unpaired) electrons. The topological polar surface area (TPSA) is 120 Å². The van der Waals surface area contributed by atoms with Gasteiger partial charge in [-0.2, -0.15) is 0 Å². The highest BCUT2D eigenvalue weighted by molar-refractivity contribution is 5.88. The lowest BCUT2D eigenvalue weighted by molar-refractivity contribution is -0.385. The van der Waals surface area contributed by atoms with Crippen LogP contribution in [-0.2, 0) is 16.1 Å². The molecule has 1 aliphatic carbocycles. The van der Waals surface area contributed by atoms with Crippen molar-refractivity contribution in [2.24, 2.45) is 0 Å². The smallest absolute Gasteiger partial charge is 0.311 e. The van der Waals surface area contributed by atoms with Crippen LogP contribution in [0.3, 0.4) is 0 Å². The Hall–Kier alpha value is -3.82. The van der Waals surface area contributed by atoms with E-state index in [0.717, 1.165) is 31.2 Å². The second kappa shape index (κ2) is 13.5. The summed E-state index contributed by atoms with van der Waals surface area (Å²) in [5.41, 5.74) is 0.611. The van der Waals surface area contributed by atoms with Crippen LogP contribution < -0.4 is 19.5 Å². The van der Waals surface area contributed by atoms with E-state index >= 15 is 0 Å². The van der Waals surface area contributed by atoms with E-state index in [2.05, 4.69) is 5.32 Å². The number of ether oxygens (including phenoxy) is 3. The Labute approximate surface area is 217 Å². The molecule has 1 N–H and O–H groups in total. The zero-order valence-corrected chi connectivity index (χ0v) is 21.6. The zero-order chi connectivity index (χ0) is 26.8. The van der Waals surface area contributed by atoms with Crippen molar-refractivity contribution in [1.82, 2.24) is 10.2 Å². The molecule has 3 rings (SSSR count). The SMILES string of the molecule is CC[C@H](C(=O)NC1CCCCC1)N(Cc1cccc(OC)c1)C(=O)COc1ccc([N+](=O)[O-])c(OC)c1. The first-order chi connectivity index (χ1) is 17.9. The molecule has 37 heavy (non-hydrogen) atoms. The lowest BCUT2D eigenvalue weighted by atomic mass is 9.95. The Balaban J connectivity index is 1.79. The van der Waals surface area contributed by atoms with E-state index < -0.39 is 11.0 Å². The summed E-state index contributed by atoms with van der Waals surface area (Å²) in [5, 5.41) is 14.3. The number of hydrogen-bond donors (Lipinski definition) is 1. The van der Waals surface area contributed by atoms with Gasteiger partial charge in [0, 0.05) is 24.7 Å². The second-order valence-electron chi connectivity index (χ2n) is 9.02. The maximum Gasteiger partial charge on any atom is 0.311 e. The fraction of sp³-hybridized carbons (Fsp3) is 0.481. The summed E-state index contributed by atoms with van der Waals surface area (Å²) in [4.78, 5) is 38.9. The number of amides is 2. The standard InChI is InChI=1S/C27H35N3O7/c1-4-23(27(32)28-20-10-6-5-7-11-20)29(17-19-9-8-12-21(15-19)35-2)26(31)18-37-22-13-14-24(30(33)34)25(16-22)36-3/h8-9,12-16,20,23H,4-7,10-11,17-18H2,1-3H3,(H,28,32)/t23-/m1/s1. The largest absolute Gasteiger partial charge is 0.497 e. The number of benzene rings is 2. The summed E-state index contributed by atoms with van der Waals surface area (Å²) in [6.07, 6.45) is 5.66. The molecule has 1 saturated carbocycles. The molecule has 0 heterocycles. The third-order valence-electron chi connectivity index (χ3n) is 6.53. The molecule has 0 aliphatic heterocycles. The first-order valence-electron chi connectivity index (χ1n) is 12.5. The van der Waals surface area contributed by atoms with Crippen LogP contribution in [0, 0.1) is 10.1 Å². The predicted octanol–water partition coefficient (Wildman–Crippen LogP) is 4.25. The molecular formula is C27H35N3O7. The van der Waals surface area contributed by atoms with Gasteiger partial charge in [-0.25, -0.2) is 0 Å². The molecule has 0 spiro atoms. The van der Waals surface area contributed by atoms with Crippen LogP contribution in [0.2, 0.25) is 0 Å². The number of nitro benzene ring substituents is 1. The number of hydrogen-bond acceptors (Lipinski definition) is 7. The van der Waals surface area contributed by atoms with E-state index in [1.165, 1.54) is 36.6 Å². The molecule has 0 bridgehead atoms. The lowest BCUT2D eigenvalue weighted by Crippen LogP contribution is -2.52. The monoisotopic (exact) mass is 513 g/mol. The molecule has 1 aliphatic rings. The van der Waals surface area contributed by atoms with Crippen LogP contribution in [0.1, 0.15) is 51.0 Å². The first kappa shape index (κ1) is 27.8. The van der Waals surface area contributed by atoms with E-state index in [-0.39, 0.29) is 48.2 Å². The van der Waals surface area contributed by atoms with Crippen molar-refractivity contribution in [2.45, 2.75) is 64.1 Å². The van der Waals surface area contributed by atoms with E-state index in [0.29, 0.717) is 12.2 Å². The Morgan fingerprint density at radius 2 is 1.84 bits per heavy atom. The number of nitro groups is 1. The third kappa shape index (κ3) is 7.58. The van der Waals surface area contributed by atoms with Crippen molar-refractivity contribution in [3.63, 3.8) is 0 Å². The Bertz CT molecular complexity index is 1090. The molecule has 2 amide bonds. The summed E-state index contributed by atoms with van der Waals surface area (Å²) in [7, 11) is 2.89. The van der Waals surface area contributed by atoms with Crippen LogP contribution in [0.4, 0.5) is 5.69 Å². The van der Waals surface area contributed by atoms with E-state index in [1.807, 2.05) is 31.2 Å². The number of carbonyl (C=O) groups is 2. The van der Waals surface area contributed by atoms with Gasteiger partial charge in [-0.3, -0.25) is 19.7 Å². The van der Waals surface area contributed by atoms with Gasteiger partial charge in [0.25, 0.3) is 5.91 Å². The molecule has 0 saturated heterocycles. The number of rotatable bonds is 12. The molecule has 10 nitrogen and oxygen atoms in total.